The van der Waals surface area contributed by atoms with E-state index in [9.17, 15) is 9.59 Å². The van der Waals surface area contributed by atoms with Gasteiger partial charge in [0.2, 0.25) is 5.88 Å². The Hall–Kier alpha value is -3.31. The van der Waals surface area contributed by atoms with E-state index >= 15 is 0 Å². The number of benzene rings is 1. The van der Waals surface area contributed by atoms with Crippen molar-refractivity contribution in [3.8, 4) is 5.88 Å². The number of amides is 2. The second kappa shape index (κ2) is 13.4. The molecule has 1 aliphatic heterocycles. The third kappa shape index (κ3) is 7.88. The van der Waals surface area contributed by atoms with Crippen LogP contribution in [0.3, 0.4) is 0 Å². The predicted molar refractivity (Wildman–Crippen MR) is 158 cm³/mol. The van der Waals surface area contributed by atoms with E-state index in [0.717, 1.165) is 11.3 Å². The molecule has 0 saturated carbocycles. The van der Waals surface area contributed by atoms with Crippen molar-refractivity contribution in [1.29, 1.82) is 0 Å². The fourth-order valence-electron chi connectivity index (χ4n) is 4.56. The molecule has 40 heavy (non-hydrogen) atoms. The Balaban J connectivity index is 1.40. The second-order valence-corrected chi connectivity index (χ2v) is 15.5. The molecule has 1 aliphatic rings. The highest BCUT2D eigenvalue weighted by atomic mass is 32.3. The number of likely N-dealkylation sites (tertiary alicyclic amines) is 1. The largest absolute Gasteiger partial charge is 0.473 e. The zero-order valence-corrected chi connectivity index (χ0v) is 24.9. The molecule has 1 saturated heterocycles. The van der Waals surface area contributed by atoms with Gasteiger partial charge in [-0.3, -0.25) is 4.79 Å². The zero-order valence-electron chi connectivity index (χ0n) is 24.1. The van der Waals surface area contributed by atoms with Gasteiger partial charge < -0.3 is 29.0 Å². The Morgan fingerprint density at radius 2 is 1.95 bits per heavy atom. The third-order valence-electron chi connectivity index (χ3n) is 6.75. The maximum absolute atomic E-state index is 12.8. The summed E-state index contributed by atoms with van der Waals surface area (Å²) in [5.41, 5.74) is 2.43. The van der Waals surface area contributed by atoms with Crippen molar-refractivity contribution in [2.45, 2.75) is 52.2 Å². The number of carbonyl (C=O) groups excluding carboxylic acids is 2. The number of hydrogen-bond donors (Lipinski definition) is 1. The number of aromatic nitrogens is 3. The first-order valence-electron chi connectivity index (χ1n) is 13.7. The van der Waals surface area contributed by atoms with Gasteiger partial charge in [0.05, 0.1) is 18.4 Å². The molecular weight excluding hydrogens is 530 g/mol. The van der Waals surface area contributed by atoms with Crippen LogP contribution in [-0.2, 0) is 22.8 Å². The minimum Gasteiger partial charge on any atom is -0.473 e. The first kappa shape index (κ1) is 29.7. The van der Waals surface area contributed by atoms with Gasteiger partial charge in [0.1, 0.15) is 25.0 Å². The Bertz CT molecular complexity index is 1290. The standard InChI is InChI=1S/C29H41N5O5S/c1-6-30-28(35)24-18-33(20-37-14-15-40(3,4)5)27-26(24)32-25(17-31-27)39-23-12-13-34(21(2)16-23)29(36)38-19-22-10-8-7-9-11-22/h7-11,17-18,21,23H,6,12-16,19-20H2,1-5H3,(H,30,35)/t21-,23+/m1/s1. The molecule has 2 aromatic heterocycles. The molecule has 1 N–H and O–H groups in total. The van der Waals surface area contributed by atoms with Gasteiger partial charge in [-0.15, -0.1) is 0 Å². The Labute approximate surface area is 237 Å². The second-order valence-electron chi connectivity index (χ2n) is 10.9. The van der Waals surface area contributed by atoms with E-state index in [4.69, 9.17) is 14.2 Å². The van der Waals surface area contributed by atoms with Crippen molar-refractivity contribution in [1.82, 2.24) is 24.8 Å². The summed E-state index contributed by atoms with van der Waals surface area (Å²) in [6.45, 7) is 6.06. The fourth-order valence-corrected chi connectivity index (χ4v) is 5.18. The molecule has 218 valence electrons. The van der Waals surface area contributed by atoms with E-state index in [1.807, 2.05) is 48.7 Å². The van der Waals surface area contributed by atoms with Crippen LogP contribution in [0.25, 0.3) is 11.2 Å². The minimum atomic E-state index is -0.655. The highest BCUT2D eigenvalue weighted by Gasteiger charge is 2.31. The SMILES string of the molecule is CCNC(=O)c1cn(COCCS(C)(C)C)c2ncc(O[C@H]3CCN(C(=O)OCc4ccccc4)[C@H](C)C3)nc12. The smallest absolute Gasteiger partial charge is 0.410 e. The van der Waals surface area contributed by atoms with Crippen molar-refractivity contribution in [3.05, 3.63) is 53.9 Å². The van der Waals surface area contributed by atoms with E-state index in [-0.39, 0.29) is 37.5 Å². The summed E-state index contributed by atoms with van der Waals surface area (Å²) >= 11 is 0. The monoisotopic (exact) mass is 571 g/mol. The van der Waals surface area contributed by atoms with Crippen LogP contribution in [0.4, 0.5) is 4.79 Å². The van der Waals surface area contributed by atoms with Crippen molar-refractivity contribution < 1.29 is 23.8 Å². The van der Waals surface area contributed by atoms with Gasteiger partial charge in [-0.25, -0.2) is 24.8 Å². The molecule has 0 radical (unpaired) electrons. The maximum atomic E-state index is 12.8. The number of fused-ring (bicyclic) bond motifs is 1. The summed E-state index contributed by atoms with van der Waals surface area (Å²) in [7, 11) is -0.655. The molecule has 2 atom stereocenters. The van der Waals surface area contributed by atoms with E-state index in [2.05, 4.69) is 34.1 Å². The average Bonchev–Trinajstić information content (AvgIpc) is 3.28. The Morgan fingerprint density at radius 3 is 2.65 bits per heavy atom. The van der Waals surface area contributed by atoms with Crippen molar-refractivity contribution >= 4 is 33.2 Å². The lowest BCUT2D eigenvalue weighted by Crippen LogP contribution is -2.47. The van der Waals surface area contributed by atoms with Crippen LogP contribution < -0.4 is 10.1 Å². The van der Waals surface area contributed by atoms with Gasteiger partial charge >= 0.3 is 6.09 Å². The molecule has 0 bridgehead atoms. The average molecular weight is 572 g/mol. The first-order chi connectivity index (χ1) is 19.1. The van der Waals surface area contributed by atoms with Crippen LogP contribution in [0.5, 0.6) is 5.88 Å². The number of piperidine rings is 1. The highest BCUT2D eigenvalue weighted by molar-refractivity contribution is 8.32. The molecule has 3 aromatic rings. The molecule has 0 aliphatic carbocycles. The van der Waals surface area contributed by atoms with E-state index in [1.54, 1.807) is 17.3 Å². The minimum absolute atomic E-state index is 0.0576. The van der Waals surface area contributed by atoms with Gasteiger partial charge in [0, 0.05) is 43.9 Å². The van der Waals surface area contributed by atoms with Gasteiger partial charge in [-0.1, -0.05) is 30.3 Å². The lowest BCUT2D eigenvalue weighted by molar-refractivity contribution is 0.0386. The van der Waals surface area contributed by atoms with Crippen LogP contribution in [-0.4, -0.2) is 87.8 Å². The van der Waals surface area contributed by atoms with E-state index in [0.29, 0.717) is 55.1 Å². The number of rotatable bonds is 11. The highest BCUT2D eigenvalue weighted by Crippen LogP contribution is 2.33. The molecule has 0 spiro atoms. The van der Waals surface area contributed by atoms with Crippen LogP contribution in [0.2, 0.25) is 0 Å². The van der Waals surface area contributed by atoms with E-state index in [1.165, 1.54) is 0 Å². The van der Waals surface area contributed by atoms with Crippen LogP contribution in [0, 0.1) is 0 Å². The summed E-state index contributed by atoms with van der Waals surface area (Å²) < 4.78 is 19.5. The molecule has 11 heteroatoms. The zero-order chi connectivity index (χ0) is 28.7. The topological polar surface area (TPSA) is 108 Å². The van der Waals surface area contributed by atoms with Gasteiger partial charge in [-0.05, 0) is 38.2 Å². The van der Waals surface area contributed by atoms with Crippen molar-refractivity contribution in [3.63, 3.8) is 0 Å². The normalized spacial score (nSPS) is 18.0. The lowest BCUT2D eigenvalue weighted by Gasteiger charge is -2.36. The number of nitrogens with zero attached hydrogens (tertiary/aromatic N) is 4. The van der Waals surface area contributed by atoms with Crippen molar-refractivity contribution in [2.24, 2.45) is 0 Å². The number of ether oxygens (including phenoxy) is 3. The molecule has 1 aromatic carbocycles. The molecule has 10 nitrogen and oxygen atoms in total. The number of nitrogens with one attached hydrogen (secondary N) is 1. The predicted octanol–water partition coefficient (Wildman–Crippen LogP) is 4.42. The third-order valence-corrected chi connectivity index (χ3v) is 8.14. The maximum Gasteiger partial charge on any atom is 0.410 e. The molecule has 4 rings (SSSR count). The van der Waals surface area contributed by atoms with Gasteiger partial charge in [0.15, 0.2) is 5.65 Å². The number of carbonyl (C=O) groups is 2. The molecular formula is C29H41N5O5S. The summed E-state index contributed by atoms with van der Waals surface area (Å²) in [6.07, 6.45) is 10.9. The van der Waals surface area contributed by atoms with Gasteiger partial charge in [-0.2, -0.15) is 0 Å². The quantitative estimate of drug-likeness (QED) is 0.340. The molecule has 3 heterocycles. The molecule has 1 fully saturated rings. The lowest BCUT2D eigenvalue weighted by atomic mass is 10.0. The van der Waals surface area contributed by atoms with Gasteiger partial charge in [0.25, 0.3) is 5.91 Å². The Kier molecular flexibility index (Phi) is 9.91. The van der Waals surface area contributed by atoms with Crippen LogP contribution >= 0.6 is 10.0 Å². The summed E-state index contributed by atoms with van der Waals surface area (Å²) in [6, 6.07) is 9.58. The van der Waals surface area contributed by atoms with Crippen molar-refractivity contribution in [2.75, 3.05) is 44.2 Å². The summed E-state index contributed by atoms with van der Waals surface area (Å²) in [5.74, 6) is 1.14. The fraction of sp³-hybridized carbons (Fsp3) is 0.517. The van der Waals surface area contributed by atoms with Crippen LogP contribution in [0.1, 0.15) is 42.6 Å². The van der Waals surface area contributed by atoms with E-state index < -0.39 is 10.0 Å². The first-order valence-corrected chi connectivity index (χ1v) is 16.7. The summed E-state index contributed by atoms with van der Waals surface area (Å²) in [5, 5.41) is 2.85. The number of hydrogen-bond acceptors (Lipinski definition) is 7. The van der Waals surface area contributed by atoms with Crippen LogP contribution in [0.15, 0.2) is 42.7 Å². The molecule has 2 amide bonds. The molecule has 0 unspecified atom stereocenters. The summed E-state index contributed by atoms with van der Waals surface area (Å²) in [4.78, 5) is 36.5. The Morgan fingerprint density at radius 1 is 1.18 bits per heavy atom.